The Morgan fingerprint density at radius 2 is 0.731 bits per heavy atom. The van der Waals surface area contributed by atoms with Crippen molar-refractivity contribution in [2.75, 3.05) is 0 Å². The first kappa shape index (κ1) is 23.6. The van der Waals surface area contributed by atoms with Crippen molar-refractivity contribution in [1.82, 2.24) is 0 Å². The lowest BCUT2D eigenvalue weighted by Gasteiger charge is -2.36. The Bertz CT molecular complexity index is 641. The molecule has 0 bridgehead atoms. The second-order valence-corrected chi connectivity index (χ2v) is 6.07. The van der Waals surface area contributed by atoms with Crippen molar-refractivity contribution in [3.8, 4) is 0 Å². The highest BCUT2D eigenvalue weighted by molar-refractivity contribution is 7.40. The number of H-pyrrole nitrogens is 3. The van der Waals surface area contributed by atoms with Crippen LogP contribution in [0.3, 0.4) is 0 Å². The number of hydrogen-bond acceptors (Lipinski definition) is 4. The number of aromatic amines is 3. The maximum absolute atomic E-state index is 8.55. The first-order valence-electron chi connectivity index (χ1n) is 7.69. The molecule has 0 fully saturated rings. The Morgan fingerprint density at radius 1 is 0.577 bits per heavy atom. The van der Waals surface area contributed by atoms with Crippen LogP contribution in [-0.2, 0) is 4.57 Å². The third kappa shape index (κ3) is 19.6. The topological polar surface area (TPSA) is 129 Å². The van der Waals surface area contributed by atoms with Gasteiger partial charge in [-0.05, 0) is 37.5 Å². The first-order chi connectivity index (χ1) is 12.2. The zero-order chi connectivity index (χ0) is 19.8. The van der Waals surface area contributed by atoms with E-state index in [0.717, 1.165) is 0 Å². The highest BCUT2D eigenvalue weighted by Crippen LogP contribution is 2.03. The van der Waals surface area contributed by atoms with Gasteiger partial charge < -0.3 is 19.2 Å². The number of nitrogens with one attached hydrogen (secondary N) is 3. The third-order valence-electron chi connectivity index (χ3n) is 2.65. The van der Waals surface area contributed by atoms with E-state index < -0.39 is 7.82 Å². The SMILES string of the molecule is Cc1cc[nH+]cc1.Cc1cc[nH+]cc1.Cc1cc[nH+]cc1.O=P([O-])([O-])[O-]. The molecular weight excluding hydrogens is 353 g/mol. The minimum Gasteiger partial charge on any atom is -0.822 e. The lowest BCUT2D eigenvalue weighted by Crippen LogP contribution is -2.24. The van der Waals surface area contributed by atoms with Crippen LogP contribution in [0.15, 0.2) is 73.6 Å². The number of rotatable bonds is 0. The summed E-state index contributed by atoms with van der Waals surface area (Å²) >= 11 is 0. The minimum absolute atomic E-state index is 1.29. The molecule has 0 saturated heterocycles. The Kier molecular flexibility index (Phi) is 12.5. The molecule has 0 radical (unpaired) electrons. The van der Waals surface area contributed by atoms with Crippen LogP contribution in [0.2, 0.25) is 0 Å². The predicted molar refractivity (Wildman–Crippen MR) is 90.8 cm³/mol. The van der Waals surface area contributed by atoms with Gasteiger partial charge in [-0.25, -0.2) is 15.0 Å². The van der Waals surface area contributed by atoms with E-state index in [2.05, 4.69) is 35.7 Å². The largest absolute Gasteiger partial charge is 0.822 e. The molecule has 0 atom stereocenters. The Morgan fingerprint density at radius 3 is 0.808 bits per heavy atom. The fraction of sp³-hybridized carbons (Fsp3) is 0.167. The number of aryl methyl sites for hydroxylation is 3. The van der Waals surface area contributed by atoms with Crippen LogP contribution >= 0.6 is 7.82 Å². The third-order valence-corrected chi connectivity index (χ3v) is 2.65. The summed E-state index contributed by atoms with van der Waals surface area (Å²) in [4.78, 5) is 34.4. The van der Waals surface area contributed by atoms with Gasteiger partial charge in [0.05, 0.1) is 0 Å². The van der Waals surface area contributed by atoms with Gasteiger partial charge in [0.15, 0.2) is 37.2 Å². The van der Waals surface area contributed by atoms with Crippen LogP contribution in [0.25, 0.3) is 0 Å². The van der Waals surface area contributed by atoms with E-state index in [9.17, 15) is 0 Å². The van der Waals surface area contributed by atoms with Crippen LogP contribution < -0.4 is 29.6 Å². The van der Waals surface area contributed by atoms with Gasteiger partial charge >= 0.3 is 0 Å². The van der Waals surface area contributed by atoms with Crippen molar-refractivity contribution in [2.24, 2.45) is 0 Å². The predicted octanol–water partition coefficient (Wildman–Crippen LogP) is -0.397. The highest BCUT2D eigenvalue weighted by Gasteiger charge is 1.79. The van der Waals surface area contributed by atoms with Crippen LogP contribution in [0.4, 0.5) is 0 Å². The molecule has 3 aromatic heterocycles. The number of pyridine rings is 3. The molecule has 3 N–H and O–H groups in total. The summed E-state index contributed by atoms with van der Waals surface area (Å²) in [5.41, 5.74) is 3.87. The summed E-state index contributed by atoms with van der Waals surface area (Å²) in [5.74, 6) is 0. The number of aromatic nitrogens is 3. The van der Waals surface area contributed by atoms with Gasteiger partial charge in [0, 0.05) is 36.4 Å². The van der Waals surface area contributed by atoms with Crippen molar-refractivity contribution in [2.45, 2.75) is 20.8 Å². The van der Waals surface area contributed by atoms with Gasteiger partial charge in [-0.1, -0.05) is 0 Å². The molecule has 3 heterocycles. The molecule has 0 aliphatic heterocycles. The van der Waals surface area contributed by atoms with Gasteiger partial charge in [0.2, 0.25) is 0 Å². The number of phosphoric acid groups is 1. The Balaban J connectivity index is 0.000000324. The summed E-state index contributed by atoms with van der Waals surface area (Å²) in [6.07, 6.45) is 11.5. The van der Waals surface area contributed by atoms with Crippen molar-refractivity contribution in [3.05, 3.63) is 90.3 Å². The molecule has 0 unspecified atom stereocenters. The zero-order valence-corrected chi connectivity index (χ0v) is 15.9. The van der Waals surface area contributed by atoms with Crippen molar-refractivity contribution >= 4 is 7.82 Å². The molecule has 26 heavy (non-hydrogen) atoms. The van der Waals surface area contributed by atoms with E-state index in [-0.39, 0.29) is 0 Å². The lowest BCUT2D eigenvalue weighted by molar-refractivity contribution is -0.432. The summed E-state index contributed by atoms with van der Waals surface area (Å²) in [6, 6.07) is 12.2. The maximum atomic E-state index is 8.55. The molecule has 0 amide bonds. The van der Waals surface area contributed by atoms with E-state index in [1.807, 2.05) is 73.6 Å². The normalized spacial score (nSPS) is 9.31. The van der Waals surface area contributed by atoms with Gasteiger partial charge in [0.1, 0.15) is 0 Å². The van der Waals surface area contributed by atoms with E-state index in [0.29, 0.717) is 0 Å². The molecule has 0 saturated carbocycles. The summed E-state index contributed by atoms with van der Waals surface area (Å²) in [7, 11) is -5.39. The van der Waals surface area contributed by atoms with Crippen molar-refractivity contribution in [1.29, 1.82) is 0 Å². The highest BCUT2D eigenvalue weighted by atomic mass is 31.2. The van der Waals surface area contributed by atoms with Gasteiger partial charge in [-0.15, -0.1) is 0 Å². The van der Waals surface area contributed by atoms with Crippen LogP contribution in [0.5, 0.6) is 0 Å². The molecule has 0 spiro atoms. The van der Waals surface area contributed by atoms with Crippen LogP contribution in [-0.4, -0.2) is 0 Å². The molecule has 3 aromatic rings. The number of hydrogen-bond donors (Lipinski definition) is 0. The Hall–Kier alpha value is -2.44. The van der Waals surface area contributed by atoms with Gasteiger partial charge in [-0.2, -0.15) is 7.82 Å². The van der Waals surface area contributed by atoms with E-state index in [1.54, 1.807) is 0 Å². The van der Waals surface area contributed by atoms with Crippen LogP contribution in [0.1, 0.15) is 16.7 Å². The Labute approximate surface area is 153 Å². The monoisotopic (exact) mass is 377 g/mol. The van der Waals surface area contributed by atoms with Crippen LogP contribution in [0, 0.1) is 20.8 Å². The second-order valence-electron chi connectivity index (χ2n) is 5.18. The maximum Gasteiger partial charge on any atom is 0.167 e. The molecule has 7 nitrogen and oxygen atoms in total. The van der Waals surface area contributed by atoms with E-state index >= 15 is 0 Å². The summed E-state index contributed by atoms with van der Waals surface area (Å²) in [6.45, 7) is 6.19. The van der Waals surface area contributed by atoms with Gasteiger partial charge in [-0.3, -0.25) is 0 Å². The molecule has 3 rings (SSSR count). The average Bonchev–Trinajstić information content (AvgIpc) is 2.57. The second kappa shape index (κ2) is 13.8. The zero-order valence-electron chi connectivity index (χ0n) is 15.0. The van der Waals surface area contributed by atoms with Crippen molar-refractivity contribution in [3.63, 3.8) is 0 Å². The standard InChI is InChI=1S/3C6H7N.H3O4P/c3*1-6-2-4-7-5-3-6;1-5(2,3)4/h3*2-5H,1H3;(H3,1,2,3,4). The van der Waals surface area contributed by atoms with Gasteiger partial charge in [0.25, 0.3) is 0 Å². The lowest BCUT2D eigenvalue weighted by atomic mass is 10.3. The minimum atomic E-state index is -5.39. The van der Waals surface area contributed by atoms with E-state index in [1.165, 1.54) is 16.7 Å². The smallest absolute Gasteiger partial charge is 0.167 e. The molecule has 140 valence electrons. The fourth-order valence-electron chi connectivity index (χ4n) is 1.41. The molecule has 0 aromatic carbocycles. The fourth-order valence-corrected chi connectivity index (χ4v) is 1.41. The molecule has 0 aliphatic carbocycles. The quantitative estimate of drug-likeness (QED) is 0.494. The molecule has 8 heteroatoms. The molecular formula is C18H24N3O4P. The first-order valence-corrected chi connectivity index (χ1v) is 9.15. The van der Waals surface area contributed by atoms with Crippen molar-refractivity contribution < 1.29 is 34.2 Å². The average molecular weight is 377 g/mol. The molecule has 0 aliphatic rings. The van der Waals surface area contributed by atoms with E-state index in [4.69, 9.17) is 19.2 Å². The summed E-state index contributed by atoms with van der Waals surface area (Å²) in [5, 5.41) is 0. The summed E-state index contributed by atoms with van der Waals surface area (Å²) < 4.78 is 8.55.